The molecule has 5 nitrogen and oxygen atoms in total. The third-order valence-electron chi connectivity index (χ3n) is 8.05. The van der Waals surface area contributed by atoms with Crippen LogP contribution in [0.2, 0.25) is 0 Å². The van der Waals surface area contributed by atoms with E-state index in [-0.39, 0.29) is 0 Å². The SMILES string of the molecule is Cc1[nH]c2ncccc2c1-c1nc(CC2C3CCC(CC3)C2C)c2ccn(C)c2n1. The number of aryl methyl sites for hydroxylation is 2. The number of fused-ring (bicyclic) bond motifs is 5. The van der Waals surface area contributed by atoms with Crippen molar-refractivity contribution in [2.75, 3.05) is 0 Å². The van der Waals surface area contributed by atoms with E-state index in [9.17, 15) is 0 Å². The van der Waals surface area contributed by atoms with E-state index in [1.807, 2.05) is 12.3 Å². The van der Waals surface area contributed by atoms with Gasteiger partial charge in [0.25, 0.3) is 0 Å². The summed E-state index contributed by atoms with van der Waals surface area (Å²) in [6.07, 6.45) is 10.7. The van der Waals surface area contributed by atoms with Crippen molar-refractivity contribution in [3.8, 4) is 11.4 Å². The van der Waals surface area contributed by atoms with Crippen molar-refractivity contribution in [1.29, 1.82) is 0 Å². The monoisotopic (exact) mass is 399 g/mol. The summed E-state index contributed by atoms with van der Waals surface area (Å²) in [6, 6.07) is 6.30. The van der Waals surface area contributed by atoms with E-state index < -0.39 is 0 Å². The van der Waals surface area contributed by atoms with Crippen molar-refractivity contribution < 1.29 is 0 Å². The molecule has 2 atom stereocenters. The molecule has 0 saturated heterocycles. The summed E-state index contributed by atoms with van der Waals surface area (Å²) in [6.45, 7) is 4.58. The number of pyridine rings is 1. The zero-order valence-electron chi connectivity index (χ0n) is 18.0. The quantitative estimate of drug-likeness (QED) is 0.499. The average Bonchev–Trinajstić information content (AvgIpc) is 3.30. The number of hydrogen-bond donors (Lipinski definition) is 1. The summed E-state index contributed by atoms with van der Waals surface area (Å²) < 4.78 is 2.13. The van der Waals surface area contributed by atoms with E-state index in [1.165, 1.54) is 36.8 Å². The van der Waals surface area contributed by atoms with E-state index in [4.69, 9.17) is 9.97 Å². The maximum absolute atomic E-state index is 5.21. The molecule has 5 heteroatoms. The van der Waals surface area contributed by atoms with Crippen LogP contribution in [-0.2, 0) is 13.5 Å². The van der Waals surface area contributed by atoms with Gasteiger partial charge in [-0.15, -0.1) is 0 Å². The third kappa shape index (κ3) is 2.64. The Morgan fingerprint density at radius 3 is 2.67 bits per heavy atom. The van der Waals surface area contributed by atoms with Crippen molar-refractivity contribution in [1.82, 2.24) is 24.5 Å². The Hall–Kier alpha value is -2.69. The lowest BCUT2D eigenvalue weighted by Crippen LogP contribution is -2.39. The average molecular weight is 400 g/mol. The third-order valence-corrected chi connectivity index (χ3v) is 8.05. The highest BCUT2D eigenvalue weighted by Gasteiger charge is 2.41. The molecular formula is C25H29N5. The molecule has 4 aromatic heterocycles. The number of hydrogen-bond acceptors (Lipinski definition) is 3. The Labute approximate surface area is 177 Å². The molecule has 4 aromatic rings. The highest BCUT2D eigenvalue weighted by molar-refractivity contribution is 5.94. The van der Waals surface area contributed by atoms with Crippen molar-refractivity contribution in [2.24, 2.45) is 30.7 Å². The predicted molar refractivity (Wildman–Crippen MR) is 120 cm³/mol. The molecule has 3 aliphatic carbocycles. The lowest BCUT2D eigenvalue weighted by atomic mass is 9.58. The molecule has 3 fully saturated rings. The fourth-order valence-electron chi connectivity index (χ4n) is 6.36. The zero-order chi connectivity index (χ0) is 20.4. The molecule has 0 radical (unpaired) electrons. The Morgan fingerprint density at radius 2 is 1.87 bits per heavy atom. The van der Waals surface area contributed by atoms with E-state index in [0.29, 0.717) is 0 Å². The van der Waals surface area contributed by atoms with Gasteiger partial charge in [-0.3, -0.25) is 0 Å². The molecule has 0 amide bonds. The summed E-state index contributed by atoms with van der Waals surface area (Å²) in [5, 5.41) is 2.31. The van der Waals surface area contributed by atoms with Crippen LogP contribution in [0.1, 0.15) is 44.0 Å². The Bertz CT molecular complexity index is 1240. The normalized spacial score (nSPS) is 26.1. The van der Waals surface area contributed by atoms with Gasteiger partial charge in [0, 0.05) is 41.5 Å². The lowest BCUT2D eigenvalue weighted by Gasteiger charge is -2.47. The molecule has 3 saturated carbocycles. The van der Waals surface area contributed by atoms with Gasteiger partial charge in [-0.25, -0.2) is 15.0 Å². The number of aromatic amines is 1. The Balaban J connectivity index is 1.50. The minimum Gasteiger partial charge on any atom is -0.343 e. The van der Waals surface area contributed by atoms with Gasteiger partial charge in [-0.05, 0) is 80.9 Å². The van der Waals surface area contributed by atoms with Crippen LogP contribution in [0.4, 0.5) is 0 Å². The minimum absolute atomic E-state index is 0.745. The summed E-state index contributed by atoms with van der Waals surface area (Å²) in [7, 11) is 2.08. The van der Waals surface area contributed by atoms with E-state index >= 15 is 0 Å². The van der Waals surface area contributed by atoms with E-state index in [1.54, 1.807) is 0 Å². The van der Waals surface area contributed by atoms with Gasteiger partial charge in [0.15, 0.2) is 5.82 Å². The largest absolute Gasteiger partial charge is 0.343 e. The second-order valence-electron chi connectivity index (χ2n) is 9.58. The number of nitrogens with one attached hydrogen (secondary N) is 1. The van der Waals surface area contributed by atoms with Crippen LogP contribution in [0, 0.1) is 30.6 Å². The molecule has 30 heavy (non-hydrogen) atoms. The van der Waals surface area contributed by atoms with E-state index in [0.717, 1.165) is 63.9 Å². The van der Waals surface area contributed by atoms with Gasteiger partial charge in [-0.2, -0.15) is 0 Å². The van der Waals surface area contributed by atoms with Gasteiger partial charge in [-0.1, -0.05) is 6.92 Å². The van der Waals surface area contributed by atoms with Crippen LogP contribution in [0.5, 0.6) is 0 Å². The molecule has 0 spiro atoms. The highest BCUT2D eigenvalue weighted by Crippen LogP contribution is 2.50. The minimum atomic E-state index is 0.745. The number of aromatic nitrogens is 5. The second-order valence-corrected chi connectivity index (χ2v) is 9.58. The summed E-state index contributed by atoms with van der Waals surface area (Å²) in [5.41, 5.74) is 5.31. The molecule has 154 valence electrons. The van der Waals surface area contributed by atoms with Gasteiger partial charge in [0.2, 0.25) is 0 Å². The first-order valence-corrected chi connectivity index (χ1v) is 11.4. The van der Waals surface area contributed by atoms with Crippen LogP contribution in [0.15, 0.2) is 30.6 Å². The number of rotatable bonds is 3. The summed E-state index contributed by atoms with van der Waals surface area (Å²) in [4.78, 5) is 18.1. The van der Waals surface area contributed by atoms with Crippen molar-refractivity contribution in [2.45, 2.75) is 46.0 Å². The molecule has 3 aliphatic rings. The van der Waals surface area contributed by atoms with Crippen LogP contribution in [0.25, 0.3) is 33.5 Å². The Morgan fingerprint density at radius 1 is 1.07 bits per heavy atom. The predicted octanol–water partition coefficient (Wildman–Crippen LogP) is 5.43. The molecule has 0 aromatic carbocycles. The first-order chi connectivity index (χ1) is 14.6. The summed E-state index contributed by atoms with van der Waals surface area (Å²) >= 11 is 0. The smallest absolute Gasteiger partial charge is 0.164 e. The standard InChI is InChI=1S/C25H29N5/c1-14-16-6-8-17(9-7-16)20(14)13-21-18-10-12-30(3)25(18)29-24(28-21)22-15(2)27-23-19(22)5-4-11-26-23/h4-5,10-12,14,16-17,20H,6-9,13H2,1-3H3,(H,26,27). The van der Waals surface area contributed by atoms with Crippen LogP contribution in [0.3, 0.4) is 0 Å². The maximum Gasteiger partial charge on any atom is 0.164 e. The first-order valence-electron chi connectivity index (χ1n) is 11.4. The van der Waals surface area contributed by atoms with Crippen LogP contribution < -0.4 is 0 Å². The molecule has 4 heterocycles. The van der Waals surface area contributed by atoms with Crippen LogP contribution in [-0.4, -0.2) is 24.5 Å². The highest BCUT2D eigenvalue weighted by atomic mass is 15.0. The van der Waals surface area contributed by atoms with Gasteiger partial charge >= 0.3 is 0 Å². The maximum atomic E-state index is 5.21. The van der Waals surface area contributed by atoms with Crippen molar-refractivity contribution in [3.05, 3.63) is 42.0 Å². The molecule has 1 N–H and O–H groups in total. The summed E-state index contributed by atoms with van der Waals surface area (Å²) in [5.74, 6) is 4.14. The van der Waals surface area contributed by atoms with Crippen molar-refractivity contribution in [3.63, 3.8) is 0 Å². The molecule has 2 bridgehead atoms. The van der Waals surface area contributed by atoms with E-state index in [2.05, 4.69) is 53.8 Å². The van der Waals surface area contributed by atoms with Crippen LogP contribution >= 0.6 is 0 Å². The Kier molecular flexibility index (Phi) is 4.02. The molecular weight excluding hydrogens is 370 g/mol. The first kappa shape index (κ1) is 18.1. The zero-order valence-corrected chi connectivity index (χ0v) is 18.0. The fraction of sp³-hybridized carbons (Fsp3) is 0.480. The van der Waals surface area contributed by atoms with Crippen molar-refractivity contribution >= 4 is 22.1 Å². The number of H-pyrrole nitrogens is 1. The fourth-order valence-corrected chi connectivity index (χ4v) is 6.36. The molecule has 0 aliphatic heterocycles. The lowest BCUT2D eigenvalue weighted by molar-refractivity contribution is 0.0341. The van der Waals surface area contributed by atoms with Gasteiger partial charge in [0.05, 0.1) is 5.69 Å². The topological polar surface area (TPSA) is 59.4 Å². The second kappa shape index (κ2) is 6.66. The van der Waals surface area contributed by atoms with Gasteiger partial charge < -0.3 is 9.55 Å². The molecule has 7 rings (SSSR count). The molecule has 2 unspecified atom stereocenters. The number of nitrogens with zero attached hydrogens (tertiary/aromatic N) is 4. The van der Waals surface area contributed by atoms with Gasteiger partial charge in [0.1, 0.15) is 11.3 Å².